The minimum absolute atomic E-state index is 0.0374. The van der Waals surface area contributed by atoms with E-state index in [2.05, 4.69) is 5.32 Å². The molecule has 1 aliphatic rings. The van der Waals surface area contributed by atoms with Gasteiger partial charge in [-0.15, -0.1) is 0 Å². The van der Waals surface area contributed by atoms with Gasteiger partial charge in [-0.2, -0.15) is 0 Å². The predicted molar refractivity (Wildman–Crippen MR) is 66.7 cm³/mol. The molecule has 1 atom stereocenters. The topological polar surface area (TPSA) is 124 Å². The van der Waals surface area contributed by atoms with Crippen molar-refractivity contribution in [2.24, 2.45) is 5.92 Å². The van der Waals surface area contributed by atoms with Crippen LogP contribution in [0, 0.1) is 5.92 Å². The standard InChI is InChI=1S/C12H16N2O6/c1-7-4-9(15)14(11(7)18)3-2-13-6-8(12(19)20)5-10(16)17/h4,8,13H,2-3,5-6H2,1H3,(H,16,17)(H,19,20). The molecule has 20 heavy (non-hydrogen) atoms. The first-order valence-electron chi connectivity index (χ1n) is 6.02. The van der Waals surface area contributed by atoms with Crippen LogP contribution in [0.4, 0.5) is 0 Å². The molecule has 0 aromatic heterocycles. The maximum absolute atomic E-state index is 11.5. The summed E-state index contributed by atoms with van der Waals surface area (Å²) in [6.45, 7) is 1.83. The number of carbonyl (C=O) groups excluding carboxylic acids is 2. The van der Waals surface area contributed by atoms with Crippen molar-refractivity contribution in [1.82, 2.24) is 10.2 Å². The van der Waals surface area contributed by atoms with Crippen LogP contribution in [-0.4, -0.2) is 58.5 Å². The van der Waals surface area contributed by atoms with E-state index in [1.807, 2.05) is 0 Å². The van der Waals surface area contributed by atoms with E-state index in [1.54, 1.807) is 6.92 Å². The average molecular weight is 284 g/mol. The van der Waals surface area contributed by atoms with Crippen LogP contribution in [-0.2, 0) is 19.2 Å². The number of hydrogen-bond donors (Lipinski definition) is 3. The Hall–Kier alpha value is -2.22. The Bertz CT molecular complexity index is 471. The summed E-state index contributed by atoms with van der Waals surface area (Å²) in [5, 5.41) is 20.1. The summed E-state index contributed by atoms with van der Waals surface area (Å²) in [6, 6.07) is 0. The molecule has 0 saturated carbocycles. The largest absolute Gasteiger partial charge is 0.481 e. The molecule has 1 aliphatic heterocycles. The average Bonchev–Trinajstić information content (AvgIpc) is 2.58. The van der Waals surface area contributed by atoms with Crippen molar-refractivity contribution in [1.29, 1.82) is 0 Å². The second-order valence-corrected chi connectivity index (χ2v) is 4.46. The van der Waals surface area contributed by atoms with Gasteiger partial charge in [-0.25, -0.2) is 0 Å². The molecule has 8 nitrogen and oxygen atoms in total. The molecular formula is C12H16N2O6. The molecule has 0 fully saturated rings. The van der Waals surface area contributed by atoms with Crippen molar-refractivity contribution in [2.75, 3.05) is 19.6 Å². The van der Waals surface area contributed by atoms with Crippen LogP contribution >= 0.6 is 0 Å². The van der Waals surface area contributed by atoms with Crippen molar-refractivity contribution in [3.8, 4) is 0 Å². The Morgan fingerprint density at radius 1 is 1.35 bits per heavy atom. The Labute approximate surface area is 115 Å². The molecule has 110 valence electrons. The van der Waals surface area contributed by atoms with Crippen LogP contribution in [0.2, 0.25) is 0 Å². The van der Waals surface area contributed by atoms with Gasteiger partial charge < -0.3 is 15.5 Å². The summed E-state index contributed by atoms with van der Waals surface area (Å²) in [4.78, 5) is 45.3. The van der Waals surface area contributed by atoms with Gasteiger partial charge in [0.1, 0.15) is 0 Å². The SMILES string of the molecule is CC1=CC(=O)N(CCNCC(CC(=O)O)C(=O)O)C1=O. The number of aliphatic carboxylic acids is 2. The lowest BCUT2D eigenvalue weighted by atomic mass is 10.1. The fraction of sp³-hybridized carbons (Fsp3) is 0.500. The monoisotopic (exact) mass is 284 g/mol. The number of hydrogen-bond acceptors (Lipinski definition) is 5. The first-order valence-corrected chi connectivity index (χ1v) is 6.02. The lowest BCUT2D eigenvalue weighted by Gasteiger charge is -2.16. The van der Waals surface area contributed by atoms with Gasteiger partial charge in [-0.1, -0.05) is 0 Å². The highest BCUT2D eigenvalue weighted by atomic mass is 16.4. The zero-order valence-electron chi connectivity index (χ0n) is 11.0. The van der Waals surface area contributed by atoms with Crippen molar-refractivity contribution >= 4 is 23.8 Å². The minimum atomic E-state index is -1.20. The second-order valence-electron chi connectivity index (χ2n) is 4.46. The number of nitrogens with zero attached hydrogens (tertiary/aromatic N) is 1. The maximum Gasteiger partial charge on any atom is 0.308 e. The number of nitrogens with one attached hydrogen (secondary N) is 1. The Kier molecular flexibility index (Phi) is 5.39. The number of imide groups is 1. The summed E-state index contributed by atoms with van der Waals surface area (Å²) in [5.74, 6) is -4.20. The van der Waals surface area contributed by atoms with E-state index in [1.165, 1.54) is 6.08 Å². The third-order valence-corrected chi connectivity index (χ3v) is 2.86. The van der Waals surface area contributed by atoms with Gasteiger partial charge in [0, 0.05) is 31.3 Å². The number of carbonyl (C=O) groups is 4. The van der Waals surface area contributed by atoms with Crippen molar-refractivity contribution in [3.05, 3.63) is 11.6 Å². The van der Waals surface area contributed by atoms with E-state index in [0.717, 1.165) is 4.90 Å². The molecule has 0 radical (unpaired) electrons. The molecule has 1 rings (SSSR count). The summed E-state index contributed by atoms with van der Waals surface area (Å²) < 4.78 is 0. The van der Waals surface area contributed by atoms with Crippen molar-refractivity contribution < 1.29 is 29.4 Å². The molecule has 0 aromatic carbocycles. The summed E-state index contributed by atoms with van der Waals surface area (Å²) in [6.07, 6.45) is 0.761. The number of amides is 2. The third kappa shape index (κ3) is 4.16. The fourth-order valence-corrected chi connectivity index (χ4v) is 1.77. The third-order valence-electron chi connectivity index (χ3n) is 2.86. The zero-order chi connectivity index (χ0) is 15.3. The van der Waals surface area contributed by atoms with Crippen LogP contribution in [0.25, 0.3) is 0 Å². The Morgan fingerprint density at radius 3 is 2.45 bits per heavy atom. The summed E-state index contributed by atoms with van der Waals surface area (Å²) in [5.41, 5.74) is 0.365. The highest BCUT2D eigenvalue weighted by Crippen LogP contribution is 2.10. The highest BCUT2D eigenvalue weighted by Gasteiger charge is 2.27. The molecule has 3 N–H and O–H groups in total. The first kappa shape index (κ1) is 15.8. The summed E-state index contributed by atoms with van der Waals surface area (Å²) >= 11 is 0. The fourth-order valence-electron chi connectivity index (χ4n) is 1.77. The maximum atomic E-state index is 11.5. The molecule has 1 heterocycles. The van der Waals surface area contributed by atoms with Crippen LogP contribution in [0.1, 0.15) is 13.3 Å². The van der Waals surface area contributed by atoms with Gasteiger partial charge in [-0.05, 0) is 6.92 Å². The van der Waals surface area contributed by atoms with E-state index in [0.29, 0.717) is 5.57 Å². The van der Waals surface area contributed by atoms with Gasteiger partial charge in [0.15, 0.2) is 0 Å². The van der Waals surface area contributed by atoms with E-state index < -0.39 is 30.2 Å². The molecule has 0 bridgehead atoms. The number of carboxylic acid groups (broad SMARTS) is 2. The second kappa shape index (κ2) is 6.80. The first-order chi connectivity index (χ1) is 9.32. The normalized spacial score (nSPS) is 16.2. The molecule has 2 amide bonds. The minimum Gasteiger partial charge on any atom is -0.481 e. The van der Waals surface area contributed by atoms with E-state index in [4.69, 9.17) is 10.2 Å². The molecule has 1 unspecified atom stereocenters. The molecule has 0 aromatic rings. The van der Waals surface area contributed by atoms with Gasteiger partial charge in [0.2, 0.25) is 0 Å². The Balaban J connectivity index is 2.34. The molecule has 8 heteroatoms. The molecule has 0 spiro atoms. The van der Waals surface area contributed by atoms with Crippen LogP contribution in [0.15, 0.2) is 11.6 Å². The smallest absolute Gasteiger partial charge is 0.308 e. The quantitative estimate of drug-likeness (QED) is 0.388. The lowest BCUT2D eigenvalue weighted by molar-refractivity contribution is -0.148. The van der Waals surface area contributed by atoms with Gasteiger partial charge in [0.05, 0.1) is 12.3 Å². The number of carboxylic acids is 2. The van der Waals surface area contributed by atoms with E-state index in [9.17, 15) is 19.2 Å². The zero-order valence-corrected chi connectivity index (χ0v) is 11.0. The molecule has 0 aliphatic carbocycles. The van der Waals surface area contributed by atoms with Crippen molar-refractivity contribution in [2.45, 2.75) is 13.3 Å². The van der Waals surface area contributed by atoms with Gasteiger partial charge >= 0.3 is 11.9 Å². The Morgan fingerprint density at radius 2 is 2.00 bits per heavy atom. The number of rotatable bonds is 8. The van der Waals surface area contributed by atoms with Gasteiger partial charge in [-0.3, -0.25) is 24.1 Å². The summed E-state index contributed by atoms with van der Waals surface area (Å²) in [7, 11) is 0. The predicted octanol–water partition coefficient (Wildman–Crippen LogP) is -0.933. The van der Waals surface area contributed by atoms with E-state index in [-0.39, 0.29) is 25.5 Å². The lowest BCUT2D eigenvalue weighted by Crippen LogP contribution is -2.39. The van der Waals surface area contributed by atoms with Crippen molar-refractivity contribution in [3.63, 3.8) is 0 Å². The van der Waals surface area contributed by atoms with Gasteiger partial charge in [0.25, 0.3) is 11.8 Å². The molecular weight excluding hydrogens is 268 g/mol. The van der Waals surface area contributed by atoms with Crippen LogP contribution < -0.4 is 5.32 Å². The highest BCUT2D eigenvalue weighted by molar-refractivity contribution is 6.15. The van der Waals surface area contributed by atoms with Crippen LogP contribution in [0.5, 0.6) is 0 Å². The van der Waals surface area contributed by atoms with E-state index >= 15 is 0 Å². The molecule has 0 saturated heterocycles. The van der Waals surface area contributed by atoms with Crippen LogP contribution in [0.3, 0.4) is 0 Å².